The van der Waals surface area contributed by atoms with E-state index in [9.17, 15) is 14.0 Å². The first-order chi connectivity index (χ1) is 15.4. The maximum Gasteiger partial charge on any atom is 0.339 e. The summed E-state index contributed by atoms with van der Waals surface area (Å²) in [7, 11) is 1.33. The van der Waals surface area contributed by atoms with E-state index in [0.717, 1.165) is 17.2 Å². The molecule has 4 rings (SSSR count). The van der Waals surface area contributed by atoms with E-state index in [1.54, 1.807) is 13.0 Å². The van der Waals surface area contributed by atoms with E-state index >= 15 is 0 Å². The first-order valence-corrected chi connectivity index (χ1v) is 9.75. The van der Waals surface area contributed by atoms with Crippen molar-refractivity contribution in [2.45, 2.75) is 13.8 Å². The molecule has 0 amide bonds. The third-order valence-electron chi connectivity index (χ3n) is 4.99. The number of hydrogen-bond donors (Lipinski definition) is 0. The van der Waals surface area contributed by atoms with Crippen molar-refractivity contribution in [2.75, 3.05) is 13.7 Å². The number of nitrogens with zero attached hydrogens (tertiary/aromatic N) is 2. The van der Waals surface area contributed by atoms with Crippen molar-refractivity contribution in [3.05, 3.63) is 76.7 Å². The molecule has 0 fully saturated rings. The number of aryl methyl sites for hydroxylation is 2. The summed E-state index contributed by atoms with van der Waals surface area (Å²) in [6, 6.07) is 13.0. The maximum absolute atomic E-state index is 13.9. The Labute approximate surface area is 182 Å². The van der Waals surface area contributed by atoms with E-state index in [-0.39, 0.29) is 22.6 Å². The Balaban J connectivity index is 1.61. The van der Waals surface area contributed by atoms with Crippen molar-refractivity contribution in [3.8, 4) is 17.0 Å². The molecule has 0 aliphatic rings. The van der Waals surface area contributed by atoms with Gasteiger partial charge in [-0.3, -0.25) is 4.79 Å². The lowest BCUT2D eigenvalue weighted by Crippen LogP contribution is -2.15. The number of pyridine rings is 1. The van der Waals surface area contributed by atoms with E-state index in [0.29, 0.717) is 16.8 Å². The van der Waals surface area contributed by atoms with E-state index in [2.05, 4.69) is 10.1 Å². The topological polar surface area (TPSA) is 91.5 Å². The van der Waals surface area contributed by atoms with Gasteiger partial charge in [0.25, 0.3) is 5.71 Å². The highest BCUT2D eigenvalue weighted by atomic mass is 19.1. The Hall–Kier alpha value is -4.07. The standard InChI is InChI=1S/C24H19FN2O5/c1-13-4-6-15(7-5-13)19-11-17(22-14(2)27-32-23(22)26-19)24(29)31-12-20(28)16-8-9-21(30-3)18(25)10-16/h4-11H,12H2,1-3H3. The van der Waals surface area contributed by atoms with Crippen molar-refractivity contribution in [1.29, 1.82) is 0 Å². The molecule has 0 saturated heterocycles. The molecule has 162 valence electrons. The molecule has 0 spiro atoms. The molecule has 0 unspecified atom stereocenters. The fourth-order valence-electron chi connectivity index (χ4n) is 3.26. The van der Waals surface area contributed by atoms with E-state index < -0.39 is 24.2 Å². The minimum absolute atomic E-state index is 0.0179. The number of hydrogen-bond acceptors (Lipinski definition) is 7. The quantitative estimate of drug-likeness (QED) is 0.321. The summed E-state index contributed by atoms with van der Waals surface area (Å²) in [5.74, 6) is -1.95. The van der Waals surface area contributed by atoms with Gasteiger partial charge in [0.05, 0.1) is 29.4 Å². The molecule has 2 aromatic carbocycles. The summed E-state index contributed by atoms with van der Waals surface area (Å²) in [5, 5.41) is 4.30. The van der Waals surface area contributed by atoms with Crippen LogP contribution in [-0.2, 0) is 4.74 Å². The highest BCUT2D eigenvalue weighted by Gasteiger charge is 2.22. The number of ether oxygens (including phenoxy) is 2. The number of aromatic nitrogens is 2. The SMILES string of the molecule is COc1ccc(C(=O)COC(=O)c2cc(-c3ccc(C)cc3)nc3onc(C)c23)cc1F. The molecule has 0 N–H and O–H groups in total. The monoisotopic (exact) mass is 434 g/mol. The largest absolute Gasteiger partial charge is 0.494 e. The summed E-state index contributed by atoms with van der Waals surface area (Å²) in [6.07, 6.45) is 0. The van der Waals surface area contributed by atoms with Crippen molar-refractivity contribution in [1.82, 2.24) is 10.1 Å². The number of rotatable bonds is 6. The zero-order valence-electron chi connectivity index (χ0n) is 17.6. The molecule has 2 aromatic heterocycles. The normalized spacial score (nSPS) is 10.9. The molecule has 0 radical (unpaired) electrons. The van der Waals surface area contributed by atoms with Gasteiger partial charge >= 0.3 is 5.97 Å². The minimum Gasteiger partial charge on any atom is -0.494 e. The molecule has 0 atom stereocenters. The first kappa shape index (κ1) is 21.2. The van der Waals surface area contributed by atoms with Gasteiger partial charge in [0.1, 0.15) is 0 Å². The summed E-state index contributed by atoms with van der Waals surface area (Å²) in [5.41, 5.74) is 3.28. The van der Waals surface area contributed by atoms with Gasteiger partial charge in [0, 0.05) is 11.1 Å². The smallest absolute Gasteiger partial charge is 0.339 e. The highest BCUT2D eigenvalue weighted by Crippen LogP contribution is 2.28. The van der Waals surface area contributed by atoms with E-state index in [1.165, 1.54) is 19.2 Å². The lowest BCUT2D eigenvalue weighted by Gasteiger charge is -2.08. The predicted octanol–water partition coefficient (Wildman–Crippen LogP) is 4.69. The maximum atomic E-state index is 13.9. The lowest BCUT2D eigenvalue weighted by atomic mass is 10.0. The summed E-state index contributed by atoms with van der Waals surface area (Å²) in [6.45, 7) is 3.09. The van der Waals surface area contributed by atoms with E-state index in [1.807, 2.05) is 31.2 Å². The van der Waals surface area contributed by atoms with Gasteiger partial charge in [0.15, 0.2) is 24.0 Å². The van der Waals surface area contributed by atoms with Gasteiger partial charge in [0.2, 0.25) is 0 Å². The number of carbonyl (C=O) groups excluding carboxylic acids is 2. The van der Waals surface area contributed by atoms with Crippen molar-refractivity contribution < 1.29 is 28.0 Å². The van der Waals surface area contributed by atoms with Gasteiger partial charge < -0.3 is 14.0 Å². The minimum atomic E-state index is -0.737. The molecule has 2 heterocycles. The van der Waals surface area contributed by atoms with Crippen molar-refractivity contribution in [2.24, 2.45) is 0 Å². The zero-order valence-corrected chi connectivity index (χ0v) is 17.6. The first-order valence-electron chi connectivity index (χ1n) is 9.75. The Morgan fingerprint density at radius 3 is 2.50 bits per heavy atom. The fourth-order valence-corrected chi connectivity index (χ4v) is 3.26. The third kappa shape index (κ3) is 4.07. The fraction of sp³-hybridized carbons (Fsp3) is 0.167. The Bertz CT molecular complexity index is 1330. The lowest BCUT2D eigenvalue weighted by molar-refractivity contribution is 0.0476. The van der Waals surface area contributed by atoms with E-state index in [4.69, 9.17) is 14.0 Å². The molecule has 32 heavy (non-hydrogen) atoms. The van der Waals surface area contributed by atoms with Gasteiger partial charge in [-0.25, -0.2) is 14.2 Å². The second-order valence-electron chi connectivity index (χ2n) is 7.22. The second kappa shape index (κ2) is 8.58. The third-order valence-corrected chi connectivity index (χ3v) is 4.99. The van der Waals surface area contributed by atoms with Crippen LogP contribution in [0.25, 0.3) is 22.4 Å². The number of benzene rings is 2. The van der Waals surface area contributed by atoms with Gasteiger partial charge in [-0.1, -0.05) is 35.0 Å². The zero-order chi connectivity index (χ0) is 22.8. The highest BCUT2D eigenvalue weighted by molar-refractivity contribution is 6.06. The number of ketones is 1. The average Bonchev–Trinajstić information content (AvgIpc) is 3.17. The average molecular weight is 434 g/mol. The van der Waals surface area contributed by atoms with Crippen LogP contribution >= 0.6 is 0 Å². The second-order valence-corrected chi connectivity index (χ2v) is 7.22. The molecule has 4 aromatic rings. The Morgan fingerprint density at radius 1 is 1.06 bits per heavy atom. The van der Waals surface area contributed by atoms with Crippen LogP contribution in [0.3, 0.4) is 0 Å². The number of esters is 1. The van der Waals surface area contributed by atoms with Gasteiger partial charge in [-0.15, -0.1) is 0 Å². The molecular formula is C24H19FN2O5. The number of carbonyl (C=O) groups is 2. The van der Waals surface area contributed by atoms with Crippen LogP contribution in [0.1, 0.15) is 32.0 Å². The number of halogens is 1. The molecule has 7 nitrogen and oxygen atoms in total. The summed E-state index contributed by atoms with van der Waals surface area (Å²) < 4.78 is 29.2. The van der Waals surface area contributed by atoms with Crippen molar-refractivity contribution >= 4 is 22.9 Å². The van der Waals surface area contributed by atoms with Gasteiger partial charge in [-0.05, 0) is 38.1 Å². The van der Waals surface area contributed by atoms with Crippen LogP contribution in [0.4, 0.5) is 4.39 Å². The molecule has 0 bridgehead atoms. The molecule has 8 heteroatoms. The van der Waals surface area contributed by atoms with Crippen LogP contribution in [0.2, 0.25) is 0 Å². The molecule has 0 aliphatic heterocycles. The molecule has 0 aliphatic carbocycles. The predicted molar refractivity (Wildman–Crippen MR) is 114 cm³/mol. The van der Waals surface area contributed by atoms with Crippen LogP contribution in [0.15, 0.2) is 53.1 Å². The van der Waals surface area contributed by atoms with Crippen LogP contribution in [0, 0.1) is 19.7 Å². The van der Waals surface area contributed by atoms with Gasteiger partial charge in [-0.2, -0.15) is 0 Å². The van der Waals surface area contributed by atoms with Crippen LogP contribution in [-0.4, -0.2) is 35.6 Å². The van der Waals surface area contributed by atoms with Crippen LogP contribution in [0.5, 0.6) is 5.75 Å². The summed E-state index contributed by atoms with van der Waals surface area (Å²) >= 11 is 0. The Kier molecular flexibility index (Phi) is 5.68. The van der Waals surface area contributed by atoms with Crippen LogP contribution < -0.4 is 4.74 Å². The molecule has 0 saturated carbocycles. The number of fused-ring (bicyclic) bond motifs is 1. The number of Topliss-reactive ketones (excluding diaryl/α,β-unsaturated/α-hetero) is 1. The molecular weight excluding hydrogens is 415 g/mol. The number of methoxy groups -OCH3 is 1. The Morgan fingerprint density at radius 2 is 1.81 bits per heavy atom. The summed E-state index contributed by atoms with van der Waals surface area (Å²) in [4.78, 5) is 29.7. The van der Waals surface area contributed by atoms with Crippen molar-refractivity contribution in [3.63, 3.8) is 0 Å².